The lowest BCUT2D eigenvalue weighted by atomic mass is 10.0. The Morgan fingerprint density at radius 2 is 1.84 bits per heavy atom. The molecule has 2 aliphatic rings. The number of carbonyl (C=O) groups is 3. The van der Waals surface area contributed by atoms with Gasteiger partial charge in [-0.2, -0.15) is 0 Å². The Bertz CT molecular complexity index is 1570. The first kappa shape index (κ1) is 24.9. The predicted octanol–water partition coefficient (Wildman–Crippen LogP) is 1.27. The van der Waals surface area contributed by atoms with Gasteiger partial charge in [-0.25, -0.2) is 4.98 Å². The van der Waals surface area contributed by atoms with Crippen molar-refractivity contribution in [3.05, 3.63) is 71.9 Å². The number of ether oxygens (including phenoxy) is 1. The largest absolute Gasteiger partial charge is 0.482 e. The van der Waals surface area contributed by atoms with Crippen LogP contribution in [-0.4, -0.2) is 76.9 Å². The van der Waals surface area contributed by atoms with Gasteiger partial charge in [-0.15, -0.1) is 0 Å². The minimum atomic E-state index is -0.731. The van der Waals surface area contributed by atoms with E-state index < -0.39 is 11.5 Å². The predicted molar refractivity (Wildman–Crippen MR) is 142 cm³/mol. The molecule has 0 spiro atoms. The topological polar surface area (TPSA) is 126 Å². The molecule has 11 nitrogen and oxygen atoms in total. The molecule has 2 aromatic carbocycles. The lowest BCUT2D eigenvalue weighted by Crippen LogP contribution is -2.49. The fourth-order valence-corrected chi connectivity index (χ4v) is 4.39. The normalized spacial score (nSPS) is 15.3. The van der Waals surface area contributed by atoms with E-state index in [1.807, 2.05) is 13.1 Å². The quantitative estimate of drug-likeness (QED) is 0.491. The number of hydrogen-bond donors (Lipinski definition) is 2. The van der Waals surface area contributed by atoms with E-state index in [0.717, 1.165) is 23.2 Å². The number of fused-ring (bicyclic) bond motifs is 2. The van der Waals surface area contributed by atoms with Crippen molar-refractivity contribution in [1.29, 1.82) is 0 Å². The number of rotatable bonds is 5. The summed E-state index contributed by atoms with van der Waals surface area (Å²) in [5.41, 5.74) is 1.64. The molecule has 1 saturated heterocycles. The van der Waals surface area contributed by atoms with Gasteiger partial charge >= 0.3 is 0 Å². The third-order valence-corrected chi connectivity index (χ3v) is 6.58. The van der Waals surface area contributed by atoms with Crippen LogP contribution in [0.2, 0.25) is 0 Å². The van der Waals surface area contributed by atoms with Crippen molar-refractivity contribution in [2.75, 3.05) is 45.2 Å². The molecule has 3 amide bonds. The summed E-state index contributed by atoms with van der Waals surface area (Å²) in [5.74, 6) is -0.815. The van der Waals surface area contributed by atoms with Crippen LogP contribution >= 0.6 is 0 Å². The van der Waals surface area contributed by atoms with Crippen LogP contribution in [0, 0.1) is 0 Å². The van der Waals surface area contributed by atoms with Gasteiger partial charge in [0.15, 0.2) is 6.61 Å². The molecule has 3 heterocycles. The highest BCUT2D eigenvalue weighted by Crippen LogP contribution is 2.34. The van der Waals surface area contributed by atoms with Gasteiger partial charge < -0.3 is 25.2 Å². The lowest BCUT2D eigenvalue weighted by molar-refractivity contribution is -0.130. The van der Waals surface area contributed by atoms with E-state index in [9.17, 15) is 19.2 Å². The minimum Gasteiger partial charge on any atom is -0.482 e. The van der Waals surface area contributed by atoms with Crippen molar-refractivity contribution < 1.29 is 19.1 Å². The Kier molecular flexibility index (Phi) is 6.52. The second-order valence-corrected chi connectivity index (χ2v) is 9.14. The maximum Gasteiger partial charge on any atom is 0.272 e. The molecular weight excluding hydrogens is 488 g/mol. The number of para-hydroxylation sites is 1. The number of aromatic nitrogens is 2. The zero-order valence-electron chi connectivity index (χ0n) is 20.8. The number of nitrogens with one attached hydrogen (secondary N) is 2. The van der Waals surface area contributed by atoms with E-state index in [0.29, 0.717) is 35.6 Å². The Balaban J connectivity index is 1.38. The Morgan fingerprint density at radius 3 is 2.61 bits per heavy atom. The van der Waals surface area contributed by atoms with Crippen molar-refractivity contribution in [3.63, 3.8) is 0 Å². The van der Waals surface area contributed by atoms with Crippen molar-refractivity contribution in [3.8, 4) is 16.9 Å². The second-order valence-electron chi connectivity index (χ2n) is 9.14. The minimum absolute atomic E-state index is 0.0769. The Labute approximate surface area is 218 Å². The van der Waals surface area contributed by atoms with E-state index in [1.165, 1.54) is 6.33 Å². The summed E-state index contributed by atoms with van der Waals surface area (Å²) in [5, 5.41) is 5.48. The highest BCUT2D eigenvalue weighted by molar-refractivity contribution is 6.15. The zero-order valence-corrected chi connectivity index (χ0v) is 20.8. The third-order valence-electron chi connectivity index (χ3n) is 6.58. The maximum atomic E-state index is 13.3. The molecule has 0 saturated carbocycles. The molecule has 1 aromatic heterocycles. The number of amides is 3. The number of carbonyl (C=O) groups excluding carboxylic acids is 3. The van der Waals surface area contributed by atoms with Crippen LogP contribution in [0.25, 0.3) is 27.7 Å². The van der Waals surface area contributed by atoms with E-state index in [-0.39, 0.29) is 35.2 Å². The molecule has 5 rings (SSSR count). The molecule has 2 aliphatic heterocycles. The molecule has 0 atom stereocenters. The molecular formula is C27H26N6O5. The molecule has 11 heteroatoms. The number of likely N-dealkylation sites (N-methyl/N-ethyl adjacent to an activating group) is 1. The third kappa shape index (κ3) is 4.66. The number of hydrogen-bond acceptors (Lipinski definition) is 7. The summed E-state index contributed by atoms with van der Waals surface area (Å²) in [6, 6.07) is 10.4. The monoisotopic (exact) mass is 514 g/mol. The van der Waals surface area contributed by atoms with E-state index >= 15 is 0 Å². The smallest absolute Gasteiger partial charge is 0.272 e. The Morgan fingerprint density at radius 1 is 1.08 bits per heavy atom. The van der Waals surface area contributed by atoms with Crippen LogP contribution in [0.15, 0.2) is 66.4 Å². The number of benzene rings is 2. The van der Waals surface area contributed by atoms with E-state index in [2.05, 4.69) is 33.7 Å². The fraction of sp³-hybridized carbons (Fsp3) is 0.222. The van der Waals surface area contributed by atoms with Crippen LogP contribution in [0.5, 0.6) is 5.75 Å². The summed E-state index contributed by atoms with van der Waals surface area (Å²) >= 11 is 0. The average molecular weight is 515 g/mol. The lowest BCUT2D eigenvalue weighted by Gasteiger charge is -2.32. The molecule has 194 valence electrons. The molecule has 1 fully saturated rings. The van der Waals surface area contributed by atoms with Gasteiger partial charge in [0.2, 0.25) is 0 Å². The molecule has 0 unspecified atom stereocenters. The maximum absolute atomic E-state index is 13.3. The molecule has 2 N–H and O–H groups in total. The van der Waals surface area contributed by atoms with Gasteiger partial charge in [0.1, 0.15) is 17.8 Å². The molecule has 0 radical (unpaired) electrons. The Hall–Kier alpha value is -4.77. The van der Waals surface area contributed by atoms with Crippen LogP contribution < -0.4 is 20.9 Å². The van der Waals surface area contributed by atoms with E-state index in [4.69, 9.17) is 4.74 Å². The van der Waals surface area contributed by atoms with Gasteiger partial charge in [0.05, 0.1) is 22.3 Å². The van der Waals surface area contributed by atoms with Crippen LogP contribution in [0.3, 0.4) is 0 Å². The van der Waals surface area contributed by atoms with Gasteiger partial charge in [0.25, 0.3) is 23.3 Å². The second kappa shape index (κ2) is 9.94. The summed E-state index contributed by atoms with van der Waals surface area (Å²) in [6.07, 6.45) is 1.23. The van der Waals surface area contributed by atoms with Crippen molar-refractivity contribution >= 4 is 40.0 Å². The molecule has 3 aromatic rings. The van der Waals surface area contributed by atoms with Crippen molar-refractivity contribution in [2.45, 2.75) is 0 Å². The van der Waals surface area contributed by atoms with Crippen LogP contribution in [0.1, 0.15) is 0 Å². The highest BCUT2D eigenvalue weighted by Gasteiger charge is 2.24. The van der Waals surface area contributed by atoms with Crippen LogP contribution in [0.4, 0.5) is 5.69 Å². The summed E-state index contributed by atoms with van der Waals surface area (Å²) in [6.45, 7) is 9.91. The summed E-state index contributed by atoms with van der Waals surface area (Å²) in [7, 11) is 1.97. The standard InChI is InChI=1S/C27H26N6O5/c1-16(26(36)32-11-9-31(3)10-12-32)29-25(35)17(2)33-15-28-24-19(5-4-6-20(24)27(33)37)18-7-8-21-22(13-18)38-14-23(34)30-21/h4-8,13,15H,1-2,9-12,14H2,3H3,(H,29,35)(H,30,34). The van der Waals surface area contributed by atoms with Crippen molar-refractivity contribution in [1.82, 2.24) is 24.7 Å². The fourth-order valence-electron chi connectivity index (χ4n) is 4.39. The molecule has 0 aliphatic carbocycles. The summed E-state index contributed by atoms with van der Waals surface area (Å²) < 4.78 is 6.55. The molecule has 0 bridgehead atoms. The first-order valence-electron chi connectivity index (χ1n) is 12.0. The summed E-state index contributed by atoms with van der Waals surface area (Å²) in [4.78, 5) is 58.6. The van der Waals surface area contributed by atoms with Gasteiger partial charge in [0, 0.05) is 31.7 Å². The van der Waals surface area contributed by atoms with Gasteiger partial charge in [-0.1, -0.05) is 31.4 Å². The van der Waals surface area contributed by atoms with Gasteiger partial charge in [-0.05, 0) is 30.8 Å². The average Bonchev–Trinajstić information content (AvgIpc) is 2.92. The van der Waals surface area contributed by atoms with E-state index in [1.54, 1.807) is 35.2 Å². The number of nitrogens with zero attached hydrogens (tertiary/aromatic N) is 4. The highest BCUT2D eigenvalue weighted by atomic mass is 16.5. The molecule has 38 heavy (non-hydrogen) atoms. The first-order valence-corrected chi connectivity index (χ1v) is 12.0. The van der Waals surface area contributed by atoms with Crippen LogP contribution in [-0.2, 0) is 14.4 Å². The number of piperazine rings is 1. The SMILES string of the molecule is C=C(NC(=O)C(=C)n1cnc2c(-c3ccc4c(c3)OCC(=O)N4)cccc2c1=O)C(=O)N1CCN(C)CC1. The van der Waals surface area contributed by atoms with Gasteiger partial charge in [-0.3, -0.25) is 23.7 Å². The number of anilines is 1. The first-order chi connectivity index (χ1) is 18.2. The zero-order chi connectivity index (χ0) is 27.0. The van der Waals surface area contributed by atoms with Crippen molar-refractivity contribution in [2.24, 2.45) is 0 Å².